The van der Waals surface area contributed by atoms with E-state index in [2.05, 4.69) is 0 Å². The fourth-order valence-corrected chi connectivity index (χ4v) is 4.21. The van der Waals surface area contributed by atoms with Crippen molar-refractivity contribution in [3.8, 4) is 5.75 Å². The fourth-order valence-electron chi connectivity index (χ4n) is 4.21. The lowest BCUT2D eigenvalue weighted by Gasteiger charge is -2.44. The number of ether oxygens (including phenoxy) is 6. The van der Waals surface area contributed by atoms with Gasteiger partial charge in [-0.05, 0) is 35.7 Å². The second-order valence-corrected chi connectivity index (χ2v) is 8.59. The van der Waals surface area contributed by atoms with Gasteiger partial charge in [0, 0.05) is 7.11 Å². The van der Waals surface area contributed by atoms with Crippen LogP contribution < -0.4 is 4.74 Å². The summed E-state index contributed by atoms with van der Waals surface area (Å²) in [7, 11) is 3.28. The van der Waals surface area contributed by atoms with E-state index in [9.17, 15) is 0 Å². The highest BCUT2D eigenvalue weighted by atomic mass is 16.7. The molecule has 0 saturated carbocycles. The number of methoxy groups -OCH3 is 2. The van der Waals surface area contributed by atoms with Gasteiger partial charge in [-0.2, -0.15) is 0 Å². The third-order valence-corrected chi connectivity index (χ3v) is 6.13. The number of hydrogen-bond donors (Lipinski definition) is 0. The van der Waals surface area contributed by atoms with E-state index >= 15 is 0 Å². The summed E-state index contributed by atoms with van der Waals surface area (Å²) < 4.78 is 36.4. The first-order chi connectivity index (χ1) is 17.2. The number of benzene rings is 3. The summed E-state index contributed by atoms with van der Waals surface area (Å²) in [5.74, 6) is 0.807. The molecule has 1 saturated heterocycles. The Morgan fingerprint density at radius 3 is 1.60 bits per heavy atom. The van der Waals surface area contributed by atoms with Crippen LogP contribution in [0.3, 0.4) is 0 Å². The van der Waals surface area contributed by atoms with Crippen molar-refractivity contribution in [2.75, 3.05) is 14.2 Å². The molecule has 0 radical (unpaired) electrons. The molecule has 1 aliphatic heterocycles. The lowest BCUT2D eigenvalue weighted by molar-refractivity contribution is -0.314. The molecule has 5 atom stereocenters. The molecule has 0 spiro atoms. The number of hydrogen-bond acceptors (Lipinski definition) is 6. The summed E-state index contributed by atoms with van der Waals surface area (Å²) in [4.78, 5) is 0. The molecule has 6 heteroatoms. The van der Waals surface area contributed by atoms with Crippen LogP contribution in [0.2, 0.25) is 0 Å². The van der Waals surface area contributed by atoms with Gasteiger partial charge in [0.1, 0.15) is 24.1 Å². The van der Waals surface area contributed by atoms with E-state index in [4.69, 9.17) is 28.4 Å². The van der Waals surface area contributed by atoms with E-state index in [1.807, 2.05) is 91.9 Å². The van der Waals surface area contributed by atoms with Crippen molar-refractivity contribution < 1.29 is 28.4 Å². The SMILES string of the molecule is COc1ccc(CO[C@@H]2[C@H](OCc3ccccc3)[C@H](C)OC(OC)[C@H]2OCc2ccccc2)cc1. The van der Waals surface area contributed by atoms with Gasteiger partial charge in [0.05, 0.1) is 33.0 Å². The predicted molar refractivity (Wildman–Crippen MR) is 133 cm³/mol. The monoisotopic (exact) mass is 478 g/mol. The highest BCUT2D eigenvalue weighted by Crippen LogP contribution is 2.30. The van der Waals surface area contributed by atoms with E-state index < -0.39 is 18.5 Å². The standard InChI is InChI=1S/C29H34O6/c1-21-26(32-18-22-10-6-4-7-11-22)27(33-20-24-14-16-25(30-2)17-15-24)28(29(31-3)35-21)34-19-23-12-8-5-9-13-23/h4-17,21,26-29H,18-20H2,1-3H3/t21-,26+,27+,28-,29?/m0/s1. The Balaban J connectivity index is 1.53. The van der Waals surface area contributed by atoms with Gasteiger partial charge in [-0.25, -0.2) is 0 Å². The van der Waals surface area contributed by atoms with Crippen molar-refractivity contribution in [3.05, 3.63) is 102 Å². The van der Waals surface area contributed by atoms with Crippen molar-refractivity contribution >= 4 is 0 Å². The molecule has 1 aliphatic rings. The Morgan fingerprint density at radius 2 is 1.09 bits per heavy atom. The zero-order chi connectivity index (χ0) is 24.5. The third kappa shape index (κ3) is 6.90. The average molecular weight is 479 g/mol. The molecule has 1 unspecified atom stereocenters. The van der Waals surface area contributed by atoms with Crippen LogP contribution in [0, 0.1) is 0 Å². The first kappa shape index (κ1) is 25.4. The minimum atomic E-state index is -0.578. The van der Waals surface area contributed by atoms with E-state index in [1.165, 1.54) is 0 Å². The van der Waals surface area contributed by atoms with Crippen LogP contribution in [-0.4, -0.2) is 44.9 Å². The molecule has 0 aliphatic carbocycles. The fraction of sp³-hybridized carbons (Fsp3) is 0.379. The summed E-state index contributed by atoms with van der Waals surface area (Å²) in [6.07, 6.45) is -2.05. The van der Waals surface area contributed by atoms with Crippen LogP contribution in [0.1, 0.15) is 23.6 Å². The Labute approximate surface area is 207 Å². The summed E-state index contributed by atoms with van der Waals surface area (Å²) >= 11 is 0. The smallest absolute Gasteiger partial charge is 0.186 e. The minimum Gasteiger partial charge on any atom is -0.497 e. The van der Waals surface area contributed by atoms with Crippen LogP contribution >= 0.6 is 0 Å². The molecular weight excluding hydrogens is 444 g/mol. The molecule has 35 heavy (non-hydrogen) atoms. The largest absolute Gasteiger partial charge is 0.497 e. The molecule has 1 fully saturated rings. The Bertz CT molecular complexity index is 995. The molecule has 0 N–H and O–H groups in total. The van der Waals surface area contributed by atoms with Crippen LogP contribution in [-0.2, 0) is 43.5 Å². The summed E-state index contributed by atoms with van der Waals surface area (Å²) in [5, 5.41) is 0. The Morgan fingerprint density at radius 1 is 0.600 bits per heavy atom. The molecule has 0 bridgehead atoms. The molecule has 1 heterocycles. The van der Waals surface area contributed by atoms with Crippen LogP contribution in [0.15, 0.2) is 84.9 Å². The van der Waals surface area contributed by atoms with Crippen LogP contribution in [0.4, 0.5) is 0 Å². The van der Waals surface area contributed by atoms with Gasteiger partial charge in [-0.15, -0.1) is 0 Å². The van der Waals surface area contributed by atoms with E-state index in [0.29, 0.717) is 19.8 Å². The van der Waals surface area contributed by atoms with Crippen molar-refractivity contribution in [1.29, 1.82) is 0 Å². The normalized spacial score (nSPS) is 24.3. The average Bonchev–Trinajstić information content (AvgIpc) is 2.91. The molecular formula is C29H34O6. The van der Waals surface area contributed by atoms with Crippen molar-refractivity contribution in [2.24, 2.45) is 0 Å². The van der Waals surface area contributed by atoms with E-state index in [0.717, 1.165) is 22.4 Å². The first-order valence-electron chi connectivity index (χ1n) is 11.9. The van der Waals surface area contributed by atoms with Gasteiger partial charge < -0.3 is 28.4 Å². The van der Waals surface area contributed by atoms with Crippen molar-refractivity contribution in [2.45, 2.75) is 57.5 Å². The van der Waals surface area contributed by atoms with Crippen LogP contribution in [0.5, 0.6) is 5.75 Å². The molecule has 3 aromatic rings. The molecule has 0 aromatic heterocycles. The van der Waals surface area contributed by atoms with Gasteiger partial charge >= 0.3 is 0 Å². The van der Waals surface area contributed by atoms with Gasteiger partial charge in [0.15, 0.2) is 6.29 Å². The molecule has 4 rings (SSSR count). The highest BCUT2D eigenvalue weighted by molar-refractivity contribution is 5.26. The van der Waals surface area contributed by atoms with E-state index in [1.54, 1.807) is 14.2 Å². The maximum absolute atomic E-state index is 6.50. The lowest BCUT2D eigenvalue weighted by Crippen LogP contribution is -2.59. The number of rotatable bonds is 11. The Hall–Kier alpha value is -2.74. The Kier molecular flexibility index (Phi) is 9.28. The summed E-state index contributed by atoms with van der Waals surface area (Å²) in [5.41, 5.74) is 3.18. The molecule has 3 aromatic carbocycles. The quantitative estimate of drug-likeness (QED) is 0.380. The minimum absolute atomic E-state index is 0.249. The van der Waals surface area contributed by atoms with Gasteiger partial charge in [0.2, 0.25) is 0 Å². The topological polar surface area (TPSA) is 55.4 Å². The van der Waals surface area contributed by atoms with Gasteiger partial charge in [-0.1, -0.05) is 72.8 Å². The van der Waals surface area contributed by atoms with E-state index in [-0.39, 0.29) is 12.2 Å². The molecule has 6 nitrogen and oxygen atoms in total. The lowest BCUT2D eigenvalue weighted by atomic mass is 9.98. The van der Waals surface area contributed by atoms with Crippen LogP contribution in [0.25, 0.3) is 0 Å². The highest BCUT2D eigenvalue weighted by Gasteiger charge is 2.47. The molecule has 186 valence electrons. The summed E-state index contributed by atoms with van der Waals surface area (Å²) in [6, 6.07) is 28.0. The maximum Gasteiger partial charge on any atom is 0.186 e. The van der Waals surface area contributed by atoms with Gasteiger partial charge in [-0.3, -0.25) is 0 Å². The molecule has 0 amide bonds. The van der Waals surface area contributed by atoms with Crippen molar-refractivity contribution in [3.63, 3.8) is 0 Å². The third-order valence-electron chi connectivity index (χ3n) is 6.13. The first-order valence-corrected chi connectivity index (χ1v) is 11.9. The second kappa shape index (κ2) is 12.8. The summed E-state index contributed by atoms with van der Waals surface area (Å²) in [6.45, 7) is 3.24. The maximum atomic E-state index is 6.50. The van der Waals surface area contributed by atoms with Gasteiger partial charge in [0.25, 0.3) is 0 Å². The zero-order valence-corrected chi connectivity index (χ0v) is 20.5. The second-order valence-electron chi connectivity index (χ2n) is 8.59. The van der Waals surface area contributed by atoms with Crippen molar-refractivity contribution in [1.82, 2.24) is 0 Å². The predicted octanol–water partition coefficient (Wildman–Crippen LogP) is 5.14. The zero-order valence-electron chi connectivity index (χ0n) is 20.5.